The highest BCUT2D eigenvalue weighted by Gasteiger charge is 2.11. The number of hydrogen-bond acceptors (Lipinski definition) is 4. The summed E-state index contributed by atoms with van der Waals surface area (Å²) >= 11 is 0. The molecule has 0 amide bonds. The van der Waals surface area contributed by atoms with Crippen molar-refractivity contribution in [2.45, 2.75) is 13.8 Å². The molecule has 4 nitrogen and oxygen atoms in total. The van der Waals surface area contributed by atoms with Crippen LogP contribution in [0.2, 0.25) is 0 Å². The van der Waals surface area contributed by atoms with Gasteiger partial charge in [0.15, 0.2) is 5.78 Å². The van der Waals surface area contributed by atoms with E-state index in [4.69, 9.17) is 0 Å². The van der Waals surface area contributed by atoms with Gasteiger partial charge in [0, 0.05) is 11.6 Å². The molecule has 4 heteroatoms. The smallest absolute Gasteiger partial charge is 0.373 e. The monoisotopic (exact) mass is 260 g/mol. The van der Waals surface area contributed by atoms with Crippen LogP contribution < -0.4 is 0 Å². The maximum absolute atomic E-state index is 11.8. The highest BCUT2D eigenvalue weighted by Crippen LogP contribution is 2.13. The van der Waals surface area contributed by atoms with Gasteiger partial charge in [-0.05, 0) is 19.4 Å². The Kier molecular flexibility index (Phi) is 5.06. The Hall–Kier alpha value is -2.36. The van der Waals surface area contributed by atoms with E-state index in [2.05, 4.69) is 11.3 Å². The van der Waals surface area contributed by atoms with Crippen LogP contribution in [-0.4, -0.2) is 23.5 Å². The fraction of sp³-hybridized carbons (Fsp3) is 0.200. The quantitative estimate of drug-likeness (QED) is 0.382. The van der Waals surface area contributed by atoms with Crippen LogP contribution in [0.1, 0.15) is 29.8 Å². The predicted octanol–water partition coefficient (Wildman–Crippen LogP) is 2.91. The van der Waals surface area contributed by atoms with Gasteiger partial charge >= 0.3 is 5.97 Å². The van der Waals surface area contributed by atoms with Crippen LogP contribution in [0.3, 0.4) is 0 Å². The predicted molar refractivity (Wildman–Crippen MR) is 72.8 cm³/mol. The molecule has 1 rings (SSSR count). The Labute approximate surface area is 112 Å². The van der Waals surface area contributed by atoms with Crippen molar-refractivity contribution in [3.8, 4) is 0 Å². The second-order valence-corrected chi connectivity index (χ2v) is 3.97. The topological polar surface area (TPSA) is 63.6 Å². The Bertz CT molecular complexity index is 524. The number of benzene rings is 1. The van der Waals surface area contributed by atoms with Crippen molar-refractivity contribution in [2.24, 2.45) is 0 Å². The van der Waals surface area contributed by atoms with Gasteiger partial charge in [-0.15, -0.1) is 0 Å². The maximum atomic E-state index is 11.8. The number of esters is 1. The molecule has 0 atom stereocenters. The van der Waals surface area contributed by atoms with E-state index in [1.165, 1.54) is 0 Å². The molecule has 0 aliphatic rings. The third kappa shape index (κ3) is 4.10. The largest absolute Gasteiger partial charge is 0.502 e. The van der Waals surface area contributed by atoms with Crippen LogP contribution in [-0.2, 0) is 9.53 Å². The van der Waals surface area contributed by atoms with Crippen molar-refractivity contribution in [1.82, 2.24) is 0 Å². The third-order valence-corrected chi connectivity index (χ3v) is 2.41. The third-order valence-electron chi connectivity index (χ3n) is 2.41. The molecule has 0 aliphatic carbocycles. The minimum atomic E-state index is -0.908. The molecular weight excluding hydrogens is 244 g/mol. The first-order valence-corrected chi connectivity index (χ1v) is 5.83. The molecule has 0 bridgehead atoms. The lowest BCUT2D eigenvalue weighted by molar-refractivity contribution is -0.141. The van der Waals surface area contributed by atoms with Gasteiger partial charge in [0.25, 0.3) is 0 Å². The molecule has 0 fully saturated rings. The van der Waals surface area contributed by atoms with Crippen LogP contribution in [0.15, 0.2) is 42.7 Å². The Morgan fingerprint density at radius 3 is 2.26 bits per heavy atom. The van der Waals surface area contributed by atoms with E-state index in [1.807, 2.05) is 6.92 Å². The van der Waals surface area contributed by atoms with Crippen LogP contribution in [0, 0.1) is 0 Å². The summed E-state index contributed by atoms with van der Waals surface area (Å²) in [6.45, 7) is 7.41. The number of rotatable bonds is 5. The molecule has 0 spiro atoms. The van der Waals surface area contributed by atoms with Gasteiger partial charge in [0.05, 0.1) is 6.61 Å². The first kappa shape index (κ1) is 14.7. The number of carbonyl (C=O) groups is 2. The van der Waals surface area contributed by atoms with Crippen LogP contribution in [0.4, 0.5) is 0 Å². The van der Waals surface area contributed by atoms with Gasteiger partial charge in [0.1, 0.15) is 0 Å². The minimum Gasteiger partial charge on any atom is -0.502 e. The lowest BCUT2D eigenvalue weighted by atomic mass is 10.0. The van der Waals surface area contributed by atoms with E-state index in [1.54, 1.807) is 31.2 Å². The lowest BCUT2D eigenvalue weighted by Crippen LogP contribution is -2.09. The average molecular weight is 260 g/mol. The van der Waals surface area contributed by atoms with Crippen LogP contribution in [0.5, 0.6) is 0 Å². The lowest BCUT2D eigenvalue weighted by Gasteiger charge is -2.02. The summed E-state index contributed by atoms with van der Waals surface area (Å²) in [6, 6.07) is 6.73. The molecule has 0 aromatic heterocycles. The molecule has 0 heterocycles. The molecule has 0 aliphatic heterocycles. The van der Waals surface area contributed by atoms with E-state index < -0.39 is 17.5 Å². The summed E-state index contributed by atoms with van der Waals surface area (Å²) in [5, 5.41) is 9.37. The molecule has 1 aromatic rings. The van der Waals surface area contributed by atoms with Crippen molar-refractivity contribution in [3.05, 3.63) is 53.8 Å². The Morgan fingerprint density at radius 1 is 1.26 bits per heavy atom. The van der Waals surface area contributed by atoms with Gasteiger partial charge in [-0.1, -0.05) is 36.4 Å². The van der Waals surface area contributed by atoms with Gasteiger partial charge in [-0.2, -0.15) is 0 Å². The molecular formula is C15H16O4. The highest BCUT2D eigenvalue weighted by molar-refractivity contribution is 6.08. The second kappa shape index (κ2) is 6.54. The summed E-state index contributed by atoms with van der Waals surface area (Å²) in [5.41, 5.74) is 2.19. The van der Waals surface area contributed by atoms with Crippen molar-refractivity contribution in [3.63, 3.8) is 0 Å². The van der Waals surface area contributed by atoms with Gasteiger partial charge in [-0.3, -0.25) is 4.79 Å². The summed E-state index contributed by atoms with van der Waals surface area (Å²) in [5.74, 6) is -2.07. The zero-order chi connectivity index (χ0) is 14.4. The van der Waals surface area contributed by atoms with E-state index in [0.29, 0.717) is 5.56 Å². The summed E-state index contributed by atoms with van der Waals surface area (Å²) < 4.78 is 4.57. The SMILES string of the molecule is C=C(C)c1ccc(C(=O)C=C(O)C(=O)OCC)cc1. The Balaban J connectivity index is 2.86. The van der Waals surface area contributed by atoms with Crippen molar-refractivity contribution >= 4 is 17.3 Å². The molecule has 0 unspecified atom stereocenters. The number of ketones is 1. The number of allylic oxidation sites excluding steroid dienone is 2. The molecule has 19 heavy (non-hydrogen) atoms. The molecule has 100 valence electrons. The van der Waals surface area contributed by atoms with E-state index in [-0.39, 0.29) is 6.61 Å². The van der Waals surface area contributed by atoms with Crippen molar-refractivity contribution in [1.29, 1.82) is 0 Å². The van der Waals surface area contributed by atoms with E-state index in [9.17, 15) is 14.7 Å². The number of aliphatic hydroxyl groups is 1. The van der Waals surface area contributed by atoms with Crippen LogP contribution >= 0.6 is 0 Å². The first-order chi connectivity index (χ1) is 8.95. The molecule has 1 N–H and O–H groups in total. The molecule has 1 aromatic carbocycles. The average Bonchev–Trinajstić information content (AvgIpc) is 2.38. The summed E-state index contributed by atoms with van der Waals surface area (Å²) in [6.07, 6.45) is 0.855. The highest BCUT2D eigenvalue weighted by atomic mass is 16.5. The Morgan fingerprint density at radius 2 is 1.79 bits per heavy atom. The number of aliphatic hydroxyl groups excluding tert-OH is 1. The van der Waals surface area contributed by atoms with Crippen molar-refractivity contribution < 1.29 is 19.4 Å². The van der Waals surface area contributed by atoms with Gasteiger partial charge in [0.2, 0.25) is 5.76 Å². The standard InChI is InChI=1S/C15H16O4/c1-4-19-15(18)14(17)9-13(16)12-7-5-11(6-8-12)10(2)3/h5-9,17H,2,4H2,1,3H3. The van der Waals surface area contributed by atoms with E-state index >= 15 is 0 Å². The number of carbonyl (C=O) groups excluding carboxylic acids is 2. The molecule has 0 saturated carbocycles. The van der Waals surface area contributed by atoms with E-state index in [0.717, 1.165) is 17.2 Å². The molecule has 0 radical (unpaired) electrons. The zero-order valence-electron chi connectivity index (χ0n) is 11.0. The van der Waals surface area contributed by atoms with Gasteiger partial charge in [-0.25, -0.2) is 4.79 Å². The zero-order valence-corrected chi connectivity index (χ0v) is 11.0. The fourth-order valence-electron chi connectivity index (χ4n) is 1.39. The fourth-order valence-corrected chi connectivity index (χ4v) is 1.39. The first-order valence-electron chi connectivity index (χ1n) is 5.83. The minimum absolute atomic E-state index is 0.137. The summed E-state index contributed by atoms with van der Waals surface area (Å²) in [7, 11) is 0. The maximum Gasteiger partial charge on any atom is 0.373 e. The second-order valence-electron chi connectivity index (χ2n) is 3.97. The molecule has 0 saturated heterocycles. The van der Waals surface area contributed by atoms with Crippen LogP contribution in [0.25, 0.3) is 5.57 Å². The number of ether oxygens (including phenoxy) is 1. The summed E-state index contributed by atoms with van der Waals surface area (Å²) in [4.78, 5) is 22.9. The normalized spacial score (nSPS) is 10.9. The van der Waals surface area contributed by atoms with Gasteiger partial charge < -0.3 is 9.84 Å². The van der Waals surface area contributed by atoms with Crippen molar-refractivity contribution in [2.75, 3.05) is 6.61 Å². The number of hydrogen-bond donors (Lipinski definition) is 1.